The Kier molecular flexibility index (Phi) is 4.11. The van der Waals surface area contributed by atoms with Gasteiger partial charge < -0.3 is 5.32 Å². The number of hydrogen-bond acceptors (Lipinski definition) is 2. The number of nitrogens with zero attached hydrogens (tertiary/aromatic N) is 1. The average molecular weight is 313 g/mol. The van der Waals surface area contributed by atoms with Crippen LogP contribution in [0.3, 0.4) is 0 Å². The van der Waals surface area contributed by atoms with E-state index in [0.29, 0.717) is 11.1 Å². The second-order valence-electron chi connectivity index (χ2n) is 4.82. The number of nitrogens with one attached hydrogen (secondary N) is 2. The van der Waals surface area contributed by atoms with Crippen molar-refractivity contribution in [2.24, 2.45) is 7.05 Å². The minimum atomic E-state index is -4.69. The van der Waals surface area contributed by atoms with E-state index in [4.69, 9.17) is 0 Å². The molecule has 0 aliphatic heterocycles. The van der Waals surface area contributed by atoms with Crippen molar-refractivity contribution < 1.29 is 18.0 Å². The molecule has 22 heavy (non-hydrogen) atoms. The minimum absolute atomic E-state index is 0.350. The van der Waals surface area contributed by atoms with Crippen molar-refractivity contribution in [3.8, 4) is 0 Å². The molecule has 0 spiro atoms. The molecule has 1 heterocycles. The first-order chi connectivity index (χ1) is 10.2. The summed E-state index contributed by atoms with van der Waals surface area (Å²) in [6, 6.07) is 6.67. The number of carbonyl (C=O) groups excluding carboxylic acids is 1. The van der Waals surface area contributed by atoms with Gasteiger partial charge in [0.15, 0.2) is 0 Å². The zero-order valence-corrected chi connectivity index (χ0v) is 11.9. The molecule has 0 radical (unpaired) electrons. The highest BCUT2D eigenvalue weighted by Gasteiger charge is 2.37. The van der Waals surface area contributed by atoms with Gasteiger partial charge in [0.05, 0.1) is 12.1 Å². The molecule has 2 rings (SSSR count). The van der Waals surface area contributed by atoms with Crippen LogP contribution in [0, 0.1) is 6.92 Å². The first-order valence-electron chi connectivity index (χ1n) is 6.40. The second-order valence-corrected chi connectivity index (χ2v) is 4.82. The summed E-state index contributed by atoms with van der Waals surface area (Å²) >= 11 is 0. The molecule has 5 nitrogen and oxygen atoms in total. The summed E-state index contributed by atoms with van der Waals surface area (Å²) in [6.07, 6.45) is -4.69. The largest absolute Gasteiger partial charge is 0.433 e. The number of alkyl halides is 3. The number of carbonyl (C=O) groups is 1. The van der Waals surface area contributed by atoms with Crippen molar-refractivity contribution in [1.29, 1.82) is 0 Å². The maximum absolute atomic E-state index is 12.9. The highest BCUT2D eigenvalue weighted by molar-refractivity contribution is 5.95. The van der Waals surface area contributed by atoms with Gasteiger partial charge in [-0.3, -0.25) is 19.4 Å². The molecule has 1 amide bonds. The number of H-pyrrole nitrogens is 1. The number of rotatable bonds is 3. The van der Waals surface area contributed by atoms with Gasteiger partial charge in [-0.05, 0) is 18.6 Å². The summed E-state index contributed by atoms with van der Waals surface area (Å²) in [5.41, 5.74) is -1.44. The van der Waals surface area contributed by atoms with Crippen LogP contribution in [-0.4, -0.2) is 15.7 Å². The van der Waals surface area contributed by atoms with Crippen LogP contribution in [0.2, 0.25) is 0 Å². The lowest BCUT2D eigenvalue weighted by Crippen LogP contribution is -2.28. The Labute approximate surface area is 123 Å². The number of amides is 1. The number of halogens is 3. The Balaban J connectivity index is 2.24. The zero-order valence-electron chi connectivity index (χ0n) is 11.9. The lowest BCUT2D eigenvalue weighted by Gasteiger charge is -2.09. The first kappa shape index (κ1) is 15.9. The number of aryl methyl sites for hydroxylation is 2. The van der Waals surface area contributed by atoms with Crippen molar-refractivity contribution in [3.05, 3.63) is 57.0 Å². The Morgan fingerprint density at radius 3 is 2.55 bits per heavy atom. The predicted molar refractivity (Wildman–Crippen MR) is 73.4 cm³/mol. The van der Waals surface area contributed by atoms with E-state index in [1.165, 1.54) is 7.05 Å². The minimum Gasteiger partial charge on any atom is -0.348 e. The molecule has 0 atom stereocenters. The van der Waals surface area contributed by atoms with Crippen molar-refractivity contribution >= 4 is 5.91 Å². The lowest BCUT2D eigenvalue weighted by atomic mass is 10.1. The third-order valence-corrected chi connectivity index (χ3v) is 3.24. The predicted octanol–water partition coefficient (Wildman–Crippen LogP) is 1.97. The molecule has 0 fully saturated rings. The van der Waals surface area contributed by atoms with Crippen LogP contribution in [0.25, 0.3) is 0 Å². The van der Waals surface area contributed by atoms with Gasteiger partial charge in [0.2, 0.25) is 0 Å². The van der Waals surface area contributed by atoms with E-state index in [1.54, 1.807) is 31.2 Å². The molecule has 118 valence electrons. The Bertz CT molecular complexity index is 759. The summed E-state index contributed by atoms with van der Waals surface area (Å²) in [5.74, 6) is -0.533. The van der Waals surface area contributed by atoms with E-state index in [1.807, 2.05) is 5.10 Å². The van der Waals surface area contributed by atoms with Gasteiger partial charge in [-0.25, -0.2) is 0 Å². The molecule has 1 aromatic heterocycles. The van der Waals surface area contributed by atoms with Gasteiger partial charge in [-0.15, -0.1) is 0 Å². The van der Waals surface area contributed by atoms with Gasteiger partial charge in [0, 0.05) is 12.6 Å². The zero-order chi connectivity index (χ0) is 16.5. The van der Waals surface area contributed by atoms with E-state index < -0.39 is 35.4 Å². The SMILES string of the molecule is Cc1ccccc1C(=O)NCc1c(C(F)(F)F)[nH]n(C)c1=O. The summed E-state index contributed by atoms with van der Waals surface area (Å²) in [4.78, 5) is 23.7. The molecule has 2 aromatic rings. The Hall–Kier alpha value is -2.51. The summed E-state index contributed by atoms with van der Waals surface area (Å²) in [5, 5.41) is 4.31. The van der Waals surface area contributed by atoms with Gasteiger partial charge in [0.1, 0.15) is 5.69 Å². The van der Waals surface area contributed by atoms with Crippen LogP contribution in [0.5, 0.6) is 0 Å². The molecular formula is C14H14F3N3O2. The first-order valence-corrected chi connectivity index (χ1v) is 6.40. The van der Waals surface area contributed by atoms with Crippen LogP contribution in [0.15, 0.2) is 29.1 Å². The number of aromatic nitrogens is 2. The average Bonchev–Trinajstić information content (AvgIpc) is 2.73. The van der Waals surface area contributed by atoms with Crippen LogP contribution >= 0.6 is 0 Å². The number of benzene rings is 1. The van der Waals surface area contributed by atoms with E-state index in [-0.39, 0.29) is 0 Å². The molecular weight excluding hydrogens is 299 g/mol. The summed E-state index contributed by atoms with van der Waals surface area (Å²) in [6.45, 7) is 1.21. The summed E-state index contributed by atoms with van der Waals surface area (Å²) < 4.78 is 39.3. The fourth-order valence-electron chi connectivity index (χ4n) is 2.09. The molecule has 0 aliphatic carbocycles. The molecule has 0 saturated carbocycles. The van der Waals surface area contributed by atoms with Crippen LogP contribution in [0.1, 0.15) is 27.2 Å². The normalized spacial score (nSPS) is 11.5. The molecule has 0 saturated heterocycles. The third kappa shape index (κ3) is 3.05. The van der Waals surface area contributed by atoms with Crippen molar-refractivity contribution in [1.82, 2.24) is 15.1 Å². The maximum Gasteiger partial charge on any atom is 0.433 e. The van der Waals surface area contributed by atoms with Gasteiger partial charge >= 0.3 is 6.18 Å². The molecule has 2 N–H and O–H groups in total. The topological polar surface area (TPSA) is 66.9 Å². The van der Waals surface area contributed by atoms with Crippen molar-refractivity contribution in [2.45, 2.75) is 19.6 Å². The molecule has 0 aliphatic rings. The Morgan fingerprint density at radius 1 is 1.32 bits per heavy atom. The van der Waals surface area contributed by atoms with Gasteiger partial charge in [-0.2, -0.15) is 13.2 Å². The number of aromatic amines is 1. The van der Waals surface area contributed by atoms with Crippen molar-refractivity contribution in [3.63, 3.8) is 0 Å². The Morgan fingerprint density at radius 2 is 1.95 bits per heavy atom. The van der Waals surface area contributed by atoms with Crippen LogP contribution in [0.4, 0.5) is 13.2 Å². The van der Waals surface area contributed by atoms with Crippen molar-refractivity contribution in [2.75, 3.05) is 0 Å². The van der Waals surface area contributed by atoms with E-state index >= 15 is 0 Å². The fourth-order valence-corrected chi connectivity index (χ4v) is 2.09. The highest BCUT2D eigenvalue weighted by atomic mass is 19.4. The summed E-state index contributed by atoms with van der Waals surface area (Å²) in [7, 11) is 1.18. The van der Waals surface area contributed by atoms with Gasteiger partial charge in [0.25, 0.3) is 11.5 Å². The van der Waals surface area contributed by atoms with Crippen LogP contribution < -0.4 is 10.9 Å². The van der Waals surface area contributed by atoms with E-state index in [2.05, 4.69) is 5.32 Å². The highest BCUT2D eigenvalue weighted by Crippen LogP contribution is 2.29. The quantitative estimate of drug-likeness (QED) is 0.910. The monoisotopic (exact) mass is 313 g/mol. The number of hydrogen-bond donors (Lipinski definition) is 2. The lowest BCUT2D eigenvalue weighted by molar-refractivity contribution is -0.142. The standard InChI is InChI=1S/C14H14F3N3O2/c1-8-5-3-4-6-9(8)12(21)18-7-10-11(14(15,16)17)19-20(2)13(10)22/h3-6,19H,7H2,1-2H3,(H,18,21). The fraction of sp³-hybridized carbons (Fsp3) is 0.286. The van der Waals surface area contributed by atoms with Crippen LogP contribution in [-0.2, 0) is 19.8 Å². The molecule has 8 heteroatoms. The third-order valence-electron chi connectivity index (χ3n) is 3.24. The molecule has 0 unspecified atom stereocenters. The molecule has 0 bridgehead atoms. The second kappa shape index (κ2) is 5.70. The van der Waals surface area contributed by atoms with Gasteiger partial charge in [-0.1, -0.05) is 18.2 Å². The van der Waals surface area contributed by atoms with E-state index in [0.717, 1.165) is 4.68 Å². The maximum atomic E-state index is 12.9. The molecule has 1 aromatic carbocycles. The van der Waals surface area contributed by atoms with E-state index in [9.17, 15) is 22.8 Å². The smallest absolute Gasteiger partial charge is 0.348 e.